The zero-order chi connectivity index (χ0) is 16.4. The van der Waals surface area contributed by atoms with Gasteiger partial charge >= 0.3 is 0 Å². The van der Waals surface area contributed by atoms with Crippen LogP contribution in [0.4, 0.5) is 5.82 Å². The van der Waals surface area contributed by atoms with Crippen molar-refractivity contribution in [3.8, 4) is 0 Å². The number of aryl methyl sites for hydroxylation is 1. The van der Waals surface area contributed by atoms with E-state index >= 15 is 0 Å². The average Bonchev–Trinajstić information content (AvgIpc) is 3.18. The van der Waals surface area contributed by atoms with Crippen LogP contribution in [0.1, 0.15) is 5.69 Å². The first-order chi connectivity index (χ1) is 11.0. The maximum Gasteiger partial charge on any atom is 0.254 e. The highest BCUT2D eigenvalue weighted by atomic mass is 32.2. The van der Waals surface area contributed by atoms with Gasteiger partial charge in [-0.15, -0.1) is 11.3 Å². The topological polar surface area (TPSA) is 92.5 Å². The number of fused-ring (bicyclic) bond motifs is 1. The summed E-state index contributed by atoms with van der Waals surface area (Å²) in [6.45, 7) is 2.64. The Hall–Kier alpha value is -2.04. The van der Waals surface area contributed by atoms with Crippen LogP contribution in [0.15, 0.2) is 34.1 Å². The molecule has 0 atom stereocenters. The van der Waals surface area contributed by atoms with Crippen LogP contribution in [0.2, 0.25) is 0 Å². The molecular formula is C13H16N6O2S2. The summed E-state index contributed by atoms with van der Waals surface area (Å²) in [5, 5.41) is 9.03. The van der Waals surface area contributed by atoms with Gasteiger partial charge in [-0.1, -0.05) is 6.07 Å². The van der Waals surface area contributed by atoms with E-state index in [4.69, 9.17) is 0 Å². The molecule has 0 aliphatic carbocycles. The predicted octanol–water partition coefficient (Wildman–Crippen LogP) is 1.23. The molecule has 1 N–H and O–H groups in total. The Morgan fingerprint density at radius 1 is 1.43 bits per heavy atom. The highest BCUT2D eigenvalue weighted by molar-refractivity contribution is 7.91. The molecule has 0 saturated heterocycles. The third kappa shape index (κ3) is 3.19. The molecule has 3 aromatic heterocycles. The molecule has 0 aliphatic heterocycles. The Labute approximate surface area is 137 Å². The number of sulfonamides is 1. The first-order valence-corrected chi connectivity index (χ1v) is 9.21. The van der Waals surface area contributed by atoms with Crippen LogP contribution < -0.4 is 5.32 Å². The SMILES string of the molecule is Cc1cc(NCCN(C)S(=O)(=O)c2cccs2)n2ncnc2n1. The fourth-order valence-electron chi connectivity index (χ4n) is 2.08. The Morgan fingerprint density at radius 3 is 3.00 bits per heavy atom. The predicted molar refractivity (Wildman–Crippen MR) is 88.1 cm³/mol. The monoisotopic (exact) mass is 352 g/mol. The summed E-state index contributed by atoms with van der Waals surface area (Å²) in [5.74, 6) is 1.24. The van der Waals surface area contributed by atoms with Crippen molar-refractivity contribution >= 4 is 33.0 Å². The number of nitrogens with one attached hydrogen (secondary N) is 1. The second-order valence-electron chi connectivity index (χ2n) is 4.94. The molecule has 3 rings (SSSR count). The standard InChI is InChI=1S/C13H16N6O2S2/c1-10-8-11(19-13(17-10)15-9-16-19)14-5-6-18(2)23(20,21)12-4-3-7-22-12/h3-4,7-9,14H,5-6H2,1-2H3. The lowest BCUT2D eigenvalue weighted by Crippen LogP contribution is -2.31. The second-order valence-corrected chi connectivity index (χ2v) is 8.16. The number of thiophene rings is 1. The Kier molecular flexibility index (Phi) is 4.28. The van der Waals surface area contributed by atoms with E-state index in [1.807, 2.05) is 13.0 Å². The zero-order valence-corrected chi connectivity index (χ0v) is 14.3. The van der Waals surface area contributed by atoms with Crippen molar-refractivity contribution in [2.24, 2.45) is 0 Å². The fourth-order valence-corrected chi connectivity index (χ4v) is 4.45. The third-order valence-corrected chi connectivity index (χ3v) is 6.50. The van der Waals surface area contributed by atoms with Crippen LogP contribution in [0.5, 0.6) is 0 Å². The number of hydrogen-bond acceptors (Lipinski definition) is 7. The summed E-state index contributed by atoms with van der Waals surface area (Å²) in [7, 11) is -1.86. The molecule has 0 aromatic carbocycles. The van der Waals surface area contributed by atoms with Crippen molar-refractivity contribution in [1.82, 2.24) is 23.9 Å². The number of likely N-dealkylation sites (N-methyl/N-ethyl adjacent to an activating group) is 1. The molecule has 122 valence electrons. The van der Waals surface area contributed by atoms with Crippen LogP contribution in [0, 0.1) is 6.92 Å². The van der Waals surface area contributed by atoms with Crippen molar-refractivity contribution in [2.45, 2.75) is 11.1 Å². The highest BCUT2D eigenvalue weighted by Gasteiger charge is 2.21. The minimum atomic E-state index is -3.43. The van der Waals surface area contributed by atoms with Gasteiger partial charge in [0, 0.05) is 31.9 Å². The molecule has 0 aliphatic rings. The van der Waals surface area contributed by atoms with Gasteiger partial charge in [-0.2, -0.15) is 18.9 Å². The van der Waals surface area contributed by atoms with Crippen LogP contribution in [-0.4, -0.2) is 52.4 Å². The number of nitrogens with zero attached hydrogens (tertiary/aromatic N) is 5. The third-order valence-electron chi connectivity index (χ3n) is 3.27. The summed E-state index contributed by atoms with van der Waals surface area (Å²) in [5.41, 5.74) is 0.813. The number of aromatic nitrogens is 4. The van der Waals surface area contributed by atoms with Crippen molar-refractivity contribution in [3.63, 3.8) is 0 Å². The minimum Gasteiger partial charge on any atom is -0.369 e. The van der Waals surface area contributed by atoms with Crippen molar-refractivity contribution < 1.29 is 8.42 Å². The summed E-state index contributed by atoms with van der Waals surface area (Å²) in [4.78, 5) is 8.31. The van der Waals surface area contributed by atoms with E-state index in [1.165, 1.54) is 22.0 Å². The molecule has 0 radical (unpaired) electrons. The average molecular weight is 352 g/mol. The Balaban J connectivity index is 1.68. The van der Waals surface area contributed by atoms with E-state index in [2.05, 4.69) is 20.4 Å². The molecular weight excluding hydrogens is 336 g/mol. The van der Waals surface area contributed by atoms with Gasteiger partial charge in [0.25, 0.3) is 15.8 Å². The summed E-state index contributed by atoms with van der Waals surface area (Å²) in [6.07, 6.45) is 1.43. The Morgan fingerprint density at radius 2 is 2.26 bits per heavy atom. The minimum absolute atomic E-state index is 0.331. The van der Waals surface area contributed by atoms with E-state index in [0.717, 1.165) is 11.5 Å². The molecule has 10 heteroatoms. The van der Waals surface area contributed by atoms with Gasteiger partial charge in [0.05, 0.1) is 0 Å². The van der Waals surface area contributed by atoms with Gasteiger partial charge in [0.15, 0.2) is 0 Å². The molecule has 0 amide bonds. The molecule has 23 heavy (non-hydrogen) atoms. The molecule has 3 aromatic rings. The van der Waals surface area contributed by atoms with E-state index in [9.17, 15) is 8.42 Å². The summed E-state index contributed by atoms with van der Waals surface area (Å²) < 4.78 is 27.9. The first kappa shape index (κ1) is 15.8. The molecule has 0 bridgehead atoms. The van der Waals surface area contributed by atoms with Crippen LogP contribution in [0.3, 0.4) is 0 Å². The van der Waals surface area contributed by atoms with Crippen LogP contribution in [0.25, 0.3) is 5.78 Å². The lowest BCUT2D eigenvalue weighted by Gasteiger charge is -2.17. The smallest absolute Gasteiger partial charge is 0.254 e. The quantitative estimate of drug-likeness (QED) is 0.717. The van der Waals surface area contributed by atoms with Crippen molar-refractivity contribution in [1.29, 1.82) is 0 Å². The number of hydrogen-bond donors (Lipinski definition) is 1. The maximum atomic E-state index is 12.3. The largest absolute Gasteiger partial charge is 0.369 e. The van der Waals surface area contributed by atoms with E-state index in [1.54, 1.807) is 29.1 Å². The van der Waals surface area contributed by atoms with Gasteiger partial charge in [-0.05, 0) is 18.4 Å². The van der Waals surface area contributed by atoms with E-state index in [0.29, 0.717) is 23.1 Å². The second kappa shape index (κ2) is 6.22. The maximum absolute atomic E-state index is 12.3. The Bertz CT molecular complexity index is 904. The molecule has 0 spiro atoms. The molecule has 8 nitrogen and oxygen atoms in total. The molecule has 0 unspecified atom stereocenters. The zero-order valence-electron chi connectivity index (χ0n) is 12.7. The van der Waals surface area contributed by atoms with E-state index in [-0.39, 0.29) is 0 Å². The van der Waals surface area contributed by atoms with E-state index < -0.39 is 10.0 Å². The van der Waals surface area contributed by atoms with Crippen LogP contribution in [-0.2, 0) is 10.0 Å². The van der Waals surface area contributed by atoms with Gasteiger partial charge in [0.1, 0.15) is 16.4 Å². The van der Waals surface area contributed by atoms with Crippen molar-refractivity contribution in [3.05, 3.63) is 35.6 Å². The number of anilines is 1. The normalized spacial score (nSPS) is 12.1. The first-order valence-electron chi connectivity index (χ1n) is 6.89. The molecule has 0 fully saturated rings. The highest BCUT2D eigenvalue weighted by Crippen LogP contribution is 2.19. The number of rotatable bonds is 6. The van der Waals surface area contributed by atoms with Gasteiger partial charge in [0.2, 0.25) is 0 Å². The summed E-state index contributed by atoms with van der Waals surface area (Å²) in [6, 6.07) is 5.18. The van der Waals surface area contributed by atoms with Gasteiger partial charge < -0.3 is 5.32 Å². The van der Waals surface area contributed by atoms with Gasteiger partial charge in [-0.25, -0.2) is 13.4 Å². The van der Waals surface area contributed by atoms with Crippen molar-refractivity contribution in [2.75, 3.05) is 25.5 Å². The lowest BCUT2D eigenvalue weighted by molar-refractivity contribution is 0.482. The summed E-state index contributed by atoms with van der Waals surface area (Å²) >= 11 is 1.21. The lowest BCUT2D eigenvalue weighted by atomic mass is 10.4. The van der Waals surface area contributed by atoms with Gasteiger partial charge in [-0.3, -0.25) is 0 Å². The molecule has 3 heterocycles. The molecule has 0 saturated carbocycles. The van der Waals surface area contributed by atoms with Crippen LogP contribution >= 0.6 is 11.3 Å². The fraction of sp³-hybridized carbons (Fsp3) is 0.308.